The Morgan fingerprint density at radius 2 is 0.875 bits per heavy atom. The first-order chi connectivity index (χ1) is 18.1. The summed E-state index contributed by atoms with van der Waals surface area (Å²) >= 11 is 0. The van der Waals surface area contributed by atoms with Crippen LogP contribution in [0.3, 0.4) is 0 Å². The fourth-order valence-corrected chi connectivity index (χ4v) is 5.21. The van der Waals surface area contributed by atoms with Gasteiger partial charge in [0.05, 0.1) is 25.7 Å². The summed E-state index contributed by atoms with van der Waals surface area (Å²) in [6.45, 7) is 11.4. The van der Waals surface area contributed by atoms with Crippen molar-refractivity contribution in [1.82, 2.24) is 10.6 Å². The van der Waals surface area contributed by atoms with E-state index in [2.05, 4.69) is 10.6 Å². The van der Waals surface area contributed by atoms with Crippen molar-refractivity contribution in [3.05, 3.63) is 0 Å². The molecule has 0 atom stereocenters. The molecule has 14 heteroatoms. The number of nitrogens with one attached hydrogen (secondary N) is 2. The summed E-state index contributed by atoms with van der Waals surface area (Å²) in [5.41, 5.74) is -0.991. The minimum absolute atomic E-state index is 0.0966. The average Bonchev–Trinajstić information content (AvgIpc) is 2.75. The van der Waals surface area contributed by atoms with Crippen LogP contribution in [-0.2, 0) is 38.1 Å². The van der Waals surface area contributed by atoms with Gasteiger partial charge < -0.3 is 20.1 Å². The van der Waals surface area contributed by atoms with Crippen LogP contribution in [0.2, 0.25) is 0 Å². The van der Waals surface area contributed by atoms with E-state index < -0.39 is 43.6 Å². The van der Waals surface area contributed by atoms with E-state index in [4.69, 9.17) is 17.8 Å². The van der Waals surface area contributed by atoms with Crippen LogP contribution in [0, 0.1) is 11.8 Å². The molecule has 0 bridgehead atoms. The van der Waals surface area contributed by atoms with Crippen molar-refractivity contribution >= 4 is 32.4 Å². The molecule has 2 aliphatic carbocycles. The summed E-state index contributed by atoms with van der Waals surface area (Å²) in [5.74, 6) is 0.475. The second-order valence-electron chi connectivity index (χ2n) is 12.7. The van der Waals surface area contributed by atoms with Crippen LogP contribution in [0.4, 0.5) is 9.59 Å². The molecule has 2 amide bonds. The van der Waals surface area contributed by atoms with Crippen molar-refractivity contribution in [3.8, 4) is 0 Å². The number of carbonyl (C=O) groups is 2. The fraction of sp³-hybridized carbons (Fsp3) is 0.923. The predicted octanol–water partition coefficient (Wildman–Crippen LogP) is 4.09. The van der Waals surface area contributed by atoms with Gasteiger partial charge in [0, 0.05) is 12.1 Å². The largest absolute Gasteiger partial charge is 0.444 e. The third-order valence-electron chi connectivity index (χ3n) is 6.17. The van der Waals surface area contributed by atoms with Crippen LogP contribution in [-0.4, -0.2) is 78.0 Å². The first kappa shape index (κ1) is 36.4. The van der Waals surface area contributed by atoms with Gasteiger partial charge in [-0.05, 0) is 105 Å². The molecule has 2 aliphatic rings. The van der Waals surface area contributed by atoms with Crippen LogP contribution < -0.4 is 10.6 Å². The number of hydrogen-bond acceptors (Lipinski definition) is 10. The van der Waals surface area contributed by atoms with E-state index in [1.807, 2.05) is 41.5 Å². The number of amides is 2. The third kappa shape index (κ3) is 19.4. The van der Waals surface area contributed by atoms with E-state index in [0.29, 0.717) is 0 Å². The molecule has 2 saturated carbocycles. The van der Waals surface area contributed by atoms with Crippen molar-refractivity contribution in [1.29, 1.82) is 0 Å². The molecule has 0 heterocycles. The summed E-state index contributed by atoms with van der Waals surface area (Å²) in [7, 11) is -6.73. The first-order valence-electron chi connectivity index (χ1n) is 13.8. The Balaban J connectivity index is 0.000000400. The molecule has 12 nitrogen and oxygen atoms in total. The van der Waals surface area contributed by atoms with Gasteiger partial charge in [-0.2, -0.15) is 16.8 Å². The quantitative estimate of drug-likeness (QED) is 0.381. The summed E-state index contributed by atoms with van der Waals surface area (Å²) in [5, 5.41) is 5.70. The van der Waals surface area contributed by atoms with Crippen molar-refractivity contribution < 1.29 is 44.3 Å². The van der Waals surface area contributed by atoms with Crippen LogP contribution in [0.5, 0.6) is 0 Å². The lowest BCUT2D eigenvalue weighted by atomic mass is 9.87. The normalized spacial score (nSPS) is 24.2. The minimum atomic E-state index is -3.37. The third-order valence-corrected chi connectivity index (χ3v) is 7.30. The second-order valence-corrected chi connectivity index (χ2v) is 16.0. The summed E-state index contributed by atoms with van der Waals surface area (Å²) in [4.78, 5) is 23.3. The van der Waals surface area contributed by atoms with Crippen LogP contribution in [0.15, 0.2) is 0 Å². The molecule has 2 N–H and O–H groups in total. The monoisotopic (exact) mass is 614 g/mol. The average molecular weight is 615 g/mol. The number of carbonyl (C=O) groups excluding carboxylic acids is 2. The highest BCUT2D eigenvalue weighted by molar-refractivity contribution is 7.86. The van der Waals surface area contributed by atoms with Gasteiger partial charge in [-0.3, -0.25) is 8.37 Å². The summed E-state index contributed by atoms with van der Waals surface area (Å²) in [6, 6.07) is 0.193. The van der Waals surface area contributed by atoms with Crippen LogP contribution in [0.25, 0.3) is 0 Å². The second kappa shape index (κ2) is 15.5. The van der Waals surface area contributed by atoms with Gasteiger partial charge >= 0.3 is 12.2 Å². The molecule has 0 spiro atoms. The SMILES string of the molecule is CC(C)(C)OC(=O)NC1CCC(COS(C)(=O)=O)CC1.CC(C)(C)OC(=O)NC1CCC(COS(C)(=O)=O)CC1. The zero-order valence-electron chi connectivity index (χ0n) is 25.3. The lowest BCUT2D eigenvalue weighted by molar-refractivity contribution is 0.0471. The maximum atomic E-state index is 11.6. The summed E-state index contributed by atoms with van der Waals surface area (Å²) < 4.78 is 63.7. The van der Waals surface area contributed by atoms with Crippen molar-refractivity contribution in [2.45, 2.75) is 116 Å². The highest BCUT2D eigenvalue weighted by atomic mass is 32.2. The molecule has 0 aromatic carbocycles. The summed E-state index contributed by atoms with van der Waals surface area (Å²) in [6.07, 6.45) is 7.97. The van der Waals surface area contributed by atoms with E-state index in [1.165, 1.54) is 0 Å². The van der Waals surface area contributed by atoms with Gasteiger partial charge in [-0.25, -0.2) is 9.59 Å². The van der Waals surface area contributed by atoms with E-state index in [1.54, 1.807) is 0 Å². The molecule has 0 unspecified atom stereocenters. The molecule has 2 rings (SSSR count). The standard InChI is InChI=1S/2C13H25NO5S/c2*1-13(2,3)19-12(15)14-11-7-5-10(6-8-11)9-18-20(4,16)17/h2*10-11H,5-9H2,1-4H3,(H,14,15). The van der Waals surface area contributed by atoms with Crippen LogP contribution >= 0.6 is 0 Å². The van der Waals surface area contributed by atoms with E-state index >= 15 is 0 Å². The lowest BCUT2D eigenvalue weighted by Gasteiger charge is -2.29. The van der Waals surface area contributed by atoms with E-state index in [0.717, 1.165) is 63.9 Å². The highest BCUT2D eigenvalue weighted by Gasteiger charge is 2.27. The topological polar surface area (TPSA) is 163 Å². The Bertz CT molecular complexity index is 919. The van der Waals surface area contributed by atoms with Gasteiger partial charge in [-0.15, -0.1) is 0 Å². The van der Waals surface area contributed by atoms with Gasteiger partial charge in [0.1, 0.15) is 11.2 Å². The zero-order valence-corrected chi connectivity index (χ0v) is 26.9. The maximum absolute atomic E-state index is 11.6. The van der Waals surface area contributed by atoms with Gasteiger partial charge in [0.2, 0.25) is 0 Å². The van der Waals surface area contributed by atoms with E-state index in [9.17, 15) is 26.4 Å². The van der Waals surface area contributed by atoms with Gasteiger partial charge in [-0.1, -0.05) is 0 Å². The first-order valence-corrected chi connectivity index (χ1v) is 17.4. The molecule has 40 heavy (non-hydrogen) atoms. The van der Waals surface area contributed by atoms with Crippen molar-refractivity contribution in [2.24, 2.45) is 11.8 Å². The Kier molecular flexibility index (Phi) is 14.1. The van der Waals surface area contributed by atoms with Crippen molar-refractivity contribution in [3.63, 3.8) is 0 Å². The molecule has 0 aromatic heterocycles. The number of ether oxygens (including phenoxy) is 2. The Hall–Kier alpha value is -1.64. The molecule has 0 aromatic rings. The number of hydrogen-bond donors (Lipinski definition) is 2. The minimum Gasteiger partial charge on any atom is -0.444 e. The maximum Gasteiger partial charge on any atom is 0.407 e. The highest BCUT2D eigenvalue weighted by Crippen LogP contribution is 2.26. The van der Waals surface area contributed by atoms with Crippen LogP contribution in [0.1, 0.15) is 92.9 Å². The molecule has 0 saturated heterocycles. The Morgan fingerprint density at radius 3 is 1.10 bits per heavy atom. The van der Waals surface area contributed by atoms with Gasteiger partial charge in [0.25, 0.3) is 20.2 Å². The zero-order chi connectivity index (χ0) is 30.8. The molecule has 0 aliphatic heterocycles. The molecular formula is C26H50N2O10S2. The van der Waals surface area contributed by atoms with E-state index in [-0.39, 0.29) is 37.1 Å². The molecule has 2 fully saturated rings. The number of rotatable bonds is 8. The Morgan fingerprint density at radius 1 is 0.600 bits per heavy atom. The van der Waals surface area contributed by atoms with Gasteiger partial charge in [0.15, 0.2) is 0 Å². The number of alkyl carbamates (subject to hydrolysis) is 2. The fourth-order valence-electron chi connectivity index (χ4n) is 4.33. The van der Waals surface area contributed by atoms with Crippen molar-refractivity contribution in [2.75, 3.05) is 25.7 Å². The lowest BCUT2D eigenvalue weighted by Crippen LogP contribution is -2.41. The predicted molar refractivity (Wildman–Crippen MR) is 152 cm³/mol. The smallest absolute Gasteiger partial charge is 0.407 e. The molecular weight excluding hydrogens is 564 g/mol. The molecule has 0 radical (unpaired) electrons. The Labute approximate surface area is 240 Å². The molecule has 236 valence electrons.